The minimum absolute atomic E-state index is 0.536. The number of nitrogens with zero attached hydrogens (tertiary/aromatic N) is 1. The number of rotatable bonds is 5. The van der Waals surface area contributed by atoms with Gasteiger partial charge in [0.25, 0.3) is 0 Å². The molecule has 3 aliphatic rings. The molecule has 12 rings (SSSR count). The Kier molecular flexibility index (Phi) is 7.14. The zero-order chi connectivity index (χ0) is 38.2. The van der Waals surface area contributed by atoms with Crippen LogP contribution in [0.4, 0.5) is 17.1 Å². The second kappa shape index (κ2) is 12.7. The van der Waals surface area contributed by atoms with E-state index in [-0.39, 0.29) is 0 Å². The summed E-state index contributed by atoms with van der Waals surface area (Å²) in [6.07, 6.45) is 0. The first kappa shape index (κ1) is 32.6. The smallest absolute Gasteiger partial charge is 0.170 e. The zero-order valence-electron chi connectivity index (χ0n) is 31.5. The third-order valence-corrected chi connectivity index (χ3v) is 12.1. The standard InChI is InChI=1S/C55H35NO2/c1-3-13-36(14-4-1)38-23-27-40(28-24-38)56(41-29-25-39(26-30-41)37-15-5-2-6-16-37)42-31-32-49-45(33-42)46-34-53-54(58-52-22-12-11-21-51(52)57-53)35-50(46)55(49)47-19-9-7-17-43(47)44-18-8-10-20-48(44)55/h1-35H. The van der Waals surface area contributed by atoms with Gasteiger partial charge in [-0.3, -0.25) is 0 Å². The summed E-state index contributed by atoms with van der Waals surface area (Å²) < 4.78 is 13.2. The monoisotopic (exact) mass is 741 g/mol. The maximum atomic E-state index is 6.61. The van der Waals surface area contributed by atoms with Crippen LogP contribution in [0.15, 0.2) is 212 Å². The fourth-order valence-electron chi connectivity index (χ4n) is 9.60. The van der Waals surface area contributed by atoms with Crippen LogP contribution in [-0.4, -0.2) is 0 Å². The molecule has 0 atom stereocenters. The molecule has 0 fully saturated rings. The molecule has 0 unspecified atom stereocenters. The maximum Gasteiger partial charge on any atom is 0.170 e. The first-order chi connectivity index (χ1) is 28.7. The van der Waals surface area contributed by atoms with Crippen molar-refractivity contribution < 1.29 is 9.47 Å². The Morgan fingerprint density at radius 1 is 0.276 bits per heavy atom. The Balaban J connectivity index is 1.07. The van der Waals surface area contributed by atoms with Crippen LogP contribution in [0.5, 0.6) is 23.0 Å². The molecule has 1 spiro atoms. The summed E-state index contributed by atoms with van der Waals surface area (Å²) in [5, 5.41) is 0. The molecule has 58 heavy (non-hydrogen) atoms. The molecule has 0 bridgehead atoms. The molecular weight excluding hydrogens is 707 g/mol. The number of hydrogen-bond acceptors (Lipinski definition) is 3. The summed E-state index contributed by atoms with van der Waals surface area (Å²) in [4.78, 5) is 2.37. The molecular formula is C55H35NO2. The van der Waals surface area contributed by atoms with Crippen molar-refractivity contribution in [2.45, 2.75) is 5.41 Å². The molecule has 9 aromatic rings. The van der Waals surface area contributed by atoms with Gasteiger partial charge in [-0.25, -0.2) is 0 Å². The SMILES string of the molecule is c1ccc(-c2ccc(N(c3ccc(-c4ccccc4)cc3)c3ccc4c(c3)-c3cc5c(cc3C43c4ccccc4-c4ccccc43)Oc3ccccc3O5)cc2)cc1. The molecule has 0 radical (unpaired) electrons. The lowest BCUT2D eigenvalue weighted by Crippen LogP contribution is -2.26. The van der Waals surface area contributed by atoms with E-state index in [9.17, 15) is 0 Å². The van der Waals surface area contributed by atoms with E-state index in [4.69, 9.17) is 9.47 Å². The highest BCUT2D eigenvalue weighted by molar-refractivity contribution is 5.97. The first-order valence-corrected chi connectivity index (χ1v) is 19.8. The molecule has 1 aliphatic heterocycles. The molecule has 3 nitrogen and oxygen atoms in total. The van der Waals surface area contributed by atoms with Crippen LogP contribution in [0.3, 0.4) is 0 Å². The van der Waals surface area contributed by atoms with Gasteiger partial charge < -0.3 is 14.4 Å². The predicted octanol–water partition coefficient (Wildman–Crippen LogP) is 14.7. The number of benzene rings is 9. The molecule has 9 aromatic carbocycles. The van der Waals surface area contributed by atoms with Crippen LogP contribution in [-0.2, 0) is 5.41 Å². The van der Waals surface area contributed by atoms with E-state index in [2.05, 4.69) is 193 Å². The normalized spacial score (nSPS) is 13.2. The molecule has 272 valence electrons. The van der Waals surface area contributed by atoms with Crippen molar-refractivity contribution in [3.05, 3.63) is 235 Å². The number of anilines is 3. The maximum absolute atomic E-state index is 6.61. The van der Waals surface area contributed by atoms with Gasteiger partial charge in [0.1, 0.15) is 0 Å². The lowest BCUT2D eigenvalue weighted by Gasteiger charge is -2.32. The third-order valence-electron chi connectivity index (χ3n) is 12.1. The van der Waals surface area contributed by atoms with E-state index in [1.807, 2.05) is 24.3 Å². The van der Waals surface area contributed by atoms with Gasteiger partial charge in [0.15, 0.2) is 23.0 Å². The van der Waals surface area contributed by atoms with Crippen molar-refractivity contribution in [2.24, 2.45) is 0 Å². The zero-order valence-corrected chi connectivity index (χ0v) is 31.5. The van der Waals surface area contributed by atoms with Crippen molar-refractivity contribution in [1.82, 2.24) is 0 Å². The highest BCUT2D eigenvalue weighted by Crippen LogP contribution is 2.65. The van der Waals surface area contributed by atoms with Gasteiger partial charge in [0, 0.05) is 17.1 Å². The van der Waals surface area contributed by atoms with Crippen LogP contribution < -0.4 is 14.4 Å². The lowest BCUT2D eigenvalue weighted by atomic mass is 9.70. The molecule has 0 saturated heterocycles. The van der Waals surface area contributed by atoms with Gasteiger partial charge in [0.2, 0.25) is 0 Å². The summed E-state index contributed by atoms with van der Waals surface area (Å²) in [6.45, 7) is 0. The van der Waals surface area contributed by atoms with Gasteiger partial charge in [-0.15, -0.1) is 0 Å². The molecule has 2 aliphatic carbocycles. The fourth-order valence-corrected chi connectivity index (χ4v) is 9.60. The highest BCUT2D eigenvalue weighted by Gasteiger charge is 2.52. The third kappa shape index (κ3) is 4.80. The van der Waals surface area contributed by atoms with E-state index < -0.39 is 5.41 Å². The average molecular weight is 742 g/mol. The molecule has 0 N–H and O–H groups in total. The van der Waals surface area contributed by atoms with Crippen molar-refractivity contribution >= 4 is 17.1 Å². The lowest BCUT2D eigenvalue weighted by molar-refractivity contribution is 0.359. The van der Waals surface area contributed by atoms with Crippen LogP contribution in [0, 0.1) is 0 Å². The van der Waals surface area contributed by atoms with Gasteiger partial charge in [0.05, 0.1) is 5.41 Å². The van der Waals surface area contributed by atoms with Gasteiger partial charge >= 0.3 is 0 Å². The van der Waals surface area contributed by atoms with Crippen molar-refractivity contribution in [3.8, 4) is 67.5 Å². The minimum atomic E-state index is -0.536. The summed E-state index contributed by atoms with van der Waals surface area (Å²) in [7, 11) is 0. The number of fused-ring (bicyclic) bond motifs is 12. The Morgan fingerprint density at radius 3 is 1.24 bits per heavy atom. The highest BCUT2D eigenvalue weighted by atomic mass is 16.6. The van der Waals surface area contributed by atoms with Crippen LogP contribution in [0.2, 0.25) is 0 Å². The van der Waals surface area contributed by atoms with Crippen molar-refractivity contribution in [1.29, 1.82) is 0 Å². The van der Waals surface area contributed by atoms with E-state index in [0.717, 1.165) is 45.6 Å². The Bertz CT molecular complexity index is 2910. The van der Waals surface area contributed by atoms with E-state index in [1.54, 1.807) is 0 Å². The van der Waals surface area contributed by atoms with Crippen molar-refractivity contribution in [2.75, 3.05) is 4.90 Å². The van der Waals surface area contributed by atoms with Crippen molar-refractivity contribution in [3.63, 3.8) is 0 Å². The van der Waals surface area contributed by atoms with Gasteiger partial charge in [-0.1, -0.05) is 152 Å². The molecule has 0 aromatic heterocycles. The first-order valence-electron chi connectivity index (χ1n) is 19.8. The van der Waals surface area contributed by atoms with E-state index in [1.165, 1.54) is 61.2 Å². The summed E-state index contributed by atoms with van der Waals surface area (Å²) in [6, 6.07) is 76.2. The number of hydrogen-bond donors (Lipinski definition) is 0. The van der Waals surface area contributed by atoms with Crippen LogP contribution in [0.1, 0.15) is 22.3 Å². The number of para-hydroxylation sites is 2. The summed E-state index contributed by atoms with van der Waals surface area (Å²) in [5.41, 5.74) is 17.3. The fraction of sp³-hybridized carbons (Fsp3) is 0.0182. The minimum Gasteiger partial charge on any atom is -0.450 e. The molecule has 0 saturated carbocycles. The van der Waals surface area contributed by atoms with Gasteiger partial charge in [-0.2, -0.15) is 0 Å². The Labute approximate surface area is 337 Å². The average Bonchev–Trinajstić information content (AvgIpc) is 3.75. The Hall–Kier alpha value is -7.62. The molecule has 0 amide bonds. The summed E-state index contributed by atoms with van der Waals surface area (Å²) in [5.74, 6) is 2.89. The second-order valence-electron chi connectivity index (χ2n) is 15.2. The van der Waals surface area contributed by atoms with Crippen LogP contribution >= 0.6 is 0 Å². The number of ether oxygens (including phenoxy) is 2. The van der Waals surface area contributed by atoms with Crippen LogP contribution in [0.25, 0.3) is 44.5 Å². The van der Waals surface area contributed by atoms with E-state index >= 15 is 0 Å². The second-order valence-corrected chi connectivity index (χ2v) is 15.2. The summed E-state index contributed by atoms with van der Waals surface area (Å²) >= 11 is 0. The quantitative estimate of drug-likeness (QED) is 0.175. The molecule has 1 heterocycles. The predicted molar refractivity (Wildman–Crippen MR) is 235 cm³/mol. The molecule has 3 heteroatoms. The topological polar surface area (TPSA) is 21.7 Å². The Morgan fingerprint density at radius 2 is 0.690 bits per heavy atom. The largest absolute Gasteiger partial charge is 0.450 e. The van der Waals surface area contributed by atoms with Gasteiger partial charge in [-0.05, 0) is 127 Å². The van der Waals surface area contributed by atoms with E-state index in [0.29, 0.717) is 0 Å².